The third-order valence-electron chi connectivity index (χ3n) is 7.87. The molecule has 1 aliphatic heterocycles. The van der Waals surface area contributed by atoms with Crippen molar-refractivity contribution in [2.24, 2.45) is 0 Å². The smallest absolute Gasteiger partial charge is 0.253 e. The number of furan rings is 1. The Morgan fingerprint density at radius 2 is 1.66 bits per heavy atom. The largest absolute Gasteiger partial charge is 0.459 e. The number of nitrogens with two attached hydrogens (primary N) is 1. The molecule has 0 aliphatic carbocycles. The molecule has 0 atom stereocenters. The summed E-state index contributed by atoms with van der Waals surface area (Å²) < 4.78 is 77.5. The highest BCUT2D eigenvalue weighted by Gasteiger charge is 2.36. The van der Waals surface area contributed by atoms with Gasteiger partial charge in [0.2, 0.25) is 5.91 Å². The molecule has 1 fully saturated rings. The first kappa shape index (κ1) is 31.5. The zero-order chi connectivity index (χ0) is 33.3. The highest BCUT2D eigenvalue weighted by Crippen LogP contribution is 2.38. The predicted octanol–water partition coefficient (Wildman–Crippen LogP) is 7.36. The van der Waals surface area contributed by atoms with Gasteiger partial charge in [0.1, 0.15) is 34.6 Å². The van der Waals surface area contributed by atoms with Gasteiger partial charge in [-0.3, -0.25) is 9.59 Å². The summed E-state index contributed by atoms with van der Waals surface area (Å²) in [7, 11) is 0. The molecule has 0 unspecified atom stereocenters. The molecule has 240 valence electrons. The number of anilines is 1. The number of nitrogens with one attached hydrogen (secondary N) is 1. The van der Waals surface area contributed by atoms with Crippen molar-refractivity contribution in [2.45, 2.75) is 25.3 Å². The quantitative estimate of drug-likeness (QED) is 0.142. The predicted molar refractivity (Wildman–Crippen MR) is 167 cm³/mol. The number of pyridine rings is 1. The van der Waals surface area contributed by atoms with Crippen LogP contribution >= 0.6 is 0 Å². The minimum Gasteiger partial charge on any atom is -0.459 e. The van der Waals surface area contributed by atoms with Crippen LogP contribution in [0.1, 0.15) is 34.5 Å². The molecule has 0 spiro atoms. The van der Waals surface area contributed by atoms with Gasteiger partial charge >= 0.3 is 0 Å². The van der Waals surface area contributed by atoms with Crippen LogP contribution in [0.15, 0.2) is 83.4 Å². The lowest BCUT2D eigenvalue weighted by Crippen LogP contribution is -2.42. The van der Waals surface area contributed by atoms with Gasteiger partial charge < -0.3 is 20.4 Å². The van der Waals surface area contributed by atoms with Gasteiger partial charge in [0.15, 0.2) is 0 Å². The van der Waals surface area contributed by atoms with Crippen molar-refractivity contribution in [3.63, 3.8) is 0 Å². The van der Waals surface area contributed by atoms with E-state index in [1.54, 1.807) is 30.3 Å². The molecular weight excluding hydrogens is 619 g/mol. The summed E-state index contributed by atoms with van der Waals surface area (Å²) in [6, 6.07) is 14.9. The van der Waals surface area contributed by atoms with Gasteiger partial charge in [-0.15, -0.1) is 0 Å². The maximum Gasteiger partial charge on any atom is 0.253 e. The fourth-order valence-corrected chi connectivity index (χ4v) is 5.38. The molecule has 1 aliphatic rings. The summed E-state index contributed by atoms with van der Waals surface area (Å²) in [5.74, 6) is -5.58. The molecular formula is C35H27F5N4O3. The summed E-state index contributed by atoms with van der Waals surface area (Å²) in [6.07, 6.45) is 3.46. The summed E-state index contributed by atoms with van der Waals surface area (Å²) >= 11 is 0. The van der Waals surface area contributed by atoms with Crippen LogP contribution in [0.2, 0.25) is 0 Å². The standard InChI is InChI=1S/C35H27F5N4O3/c36-24-4-6-27(30(38)17-24)28-15-22(26-5-3-21(16-29(26)37)34(46)44-11-9-35(39,40)10-12-44)13-23-14-25(47-33(23)28)19-43-32(45)8-2-20-1-7-31(41)42-18-20/h1-8,13-18H,9-12,19H2,(H2,41,42)(H,43,45). The van der Waals surface area contributed by atoms with Crippen LogP contribution in [0.25, 0.3) is 39.3 Å². The Bertz CT molecular complexity index is 2010. The number of rotatable bonds is 7. The molecule has 2 amide bonds. The highest BCUT2D eigenvalue weighted by atomic mass is 19.3. The monoisotopic (exact) mass is 646 g/mol. The zero-order valence-corrected chi connectivity index (χ0v) is 24.7. The second-order valence-electron chi connectivity index (χ2n) is 11.2. The normalized spacial score (nSPS) is 14.5. The third kappa shape index (κ3) is 7.01. The minimum atomic E-state index is -2.84. The van der Waals surface area contributed by atoms with Crippen LogP contribution < -0.4 is 11.1 Å². The summed E-state index contributed by atoms with van der Waals surface area (Å²) in [5.41, 5.74) is 7.06. The van der Waals surface area contributed by atoms with E-state index in [9.17, 15) is 22.8 Å². The van der Waals surface area contributed by atoms with E-state index in [-0.39, 0.29) is 47.5 Å². The maximum absolute atomic E-state index is 15.6. The van der Waals surface area contributed by atoms with Gasteiger partial charge in [-0.25, -0.2) is 26.9 Å². The molecule has 7 nitrogen and oxygen atoms in total. The van der Waals surface area contributed by atoms with Crippen molar-refractivity contribution >= 4 is 34.7 Å². The molecule has 2 aromatic heterocycles. The van der Waals surface area contributed by atoms with Gasteiger partial charge in [-0.2, -0.15) is 0 Å². The number of carbonyl (C=O) groups excluding carboxylic acids is 2. The first-order valence-corrected chi connectivity index (χ1v) is 14.6. The molecule has 0 bridgehead atoms. The molecule has 47 heavy (non-hydrogen) atoms. The Morgan fingerprint density at radius 3 is 2.36 bits per heavy atom. The molecule has 12 heteroatoms. The van der Waals surface area contributed by atoms with Crippen LogP contribution in [0.4, 0.5) is 27.8 Å². The van der Waals surface area contributed by atoms with Gasteiger partial charge in [-0.05, 0) is 71.8 Å². The van der Waals surface area contributed by atoms with Crippen molar-refractivity contribution in [1.82, 2.24) is 15.2 Å². The number of carbonyl (C=O) groups is 2. The molecule has 0 saturated carbocycles. The topological polar surface area (TPSA) is 101 Å². The van der Waals surface area contributed by atoms with Crippen LogP contribution in [0.5, 0.6) is 0 Å². The van der Waals surface area contributed by atoms with Crippen molar-refractivity contribution in [3.8, 4) is 22.3 Å². The van der Waals surface area contributed by atoms with E-state index in [4.69, 9.17) is 10.2 Å². The highest BCUT2D eigenvalue weighted by molar-refractivity contribution is 5.98. The van der Waals surface area contributed by atoms with Gasteiger partial charge in [0, 0.05) is 71.9 Å². The van der Waals surface area contributed by atoms with E-state index < -0.39 is 48.0 Å². The number of fused-ring (bicyclic) bond motifs is 1. The van der Waals surface area contributed by atoms with Crippen molar-refractivity contribution in [1.29, 1.82) is 0 Å². The van der Waals surface area contributed by atoms with E-state index in [0.29, 0.717) is 28.1 Å². The number of amides is 2. The van der Waals surface area contributed by atoms with Crippen LogP contribution in [-0.2, 0) is 11.3 Å². The van der Waals surface area contributed by atoms with E-state index in [0.717, 1.165) is 18.2 Å². The zero-order valence-electron chi connectivity index (χ0n) is 24.7. The van der Waals surface area contributed by atoms with E-state index in [1.165, 1.54) is 41.4 Å². The Kier molecular flexibility index (Phi) is 8.50. The minimum absolute atomic E-state index is 0.00247. The molecule has 3 N–H and O–H groups in total. The first-order chi connectivity index (χ1) is 22.5. The maximum atomic E-state index is 15.6. The average molecular weight is 647 g/mol. The fraction of sp³-hybridized carbons (Fsp3) is 0.171. The average Bonchev–Trinajstić information content (AvgIpc) is 3.46. The van der Waals surface area contributed by atoms with E-state index in [1.807, 2.05) is 0 Å². The number of likely N-dealkylation sites (tertiary alicyclic amines) is 1. The summed E-state index contributed by atoms with van der Waals surface area (Å²) in [6.45, 7) is -0.317. The molecule has 1 saturated heterocycles. The number of aromatic nitrogens is 1. The molecule has 3 heterocycles. The number of hydrogen-bond acceptors (Lipinski definition) is 5. The lowest BCUT2D eigenvalue weighted by Gasteiger charge is -2.31. The third-order valence-corrected chi connectivity index (χ3v) is 7.87. The first-order valence-electron chi connectivity index (χ1n) is 14.6. The lowest BCUT2D eigenvalue weighted by molar-refractivity contribution is -0.116. The molecule has 6 rings (SSSR count). The summed E-state index contributed by atoms with van der Waals surface area (Å²) in [5, 5.41) is 3.14. The second kappa shape index (κ2) is 12.7. The van der Waals surface area contributed by atoms with E-state index >= 15 is 8.78 Å². The van der Waals surface area contributed by atoms with Crippen molar-refractivity contribution in [2.75, 3.05) is 18.8 Å². The van der Waals surface area contributed by atoms with Gasteiger partial charge in [0.05, 0.1) is 6.54 Å². The SMILES string of the molecule is Nc1ccc(C=CC(=O)NCc2cc3cc(-c4ccc(C(=O)N5CCC(F)(F)CC5)cc4F)cc(-c4ccc(F)cc4F)c3o2)cn1. The van der Waals surface area contributed by atoms with Gasteiger partial charge in [0.25, 0.3) is 11.8 Å². The van der Waals surface area contributed by atoms with Crippen LogP contribution in [-0.4, -0.2) is 40.7 Å². The molecule has 0 radical (unpaired) electrons. The Morgan fingerprint density at radius 1 is 0.915 bits per heavy atom. The van der Waals surface area contributed by atoms with Crippen LogP contribution in [0.3, 0.4) is 0 Å². The summed E-state index contributed by atoms with van der Waals surface area (Å²) in [4.78, 5) is 30.6. The number of nitrogens with zero attached hydrogens (tertiary/aromatic N) is 2. The van der Waals surface area contributed by atoms with Crippen molar-refractivity contribution < 1.29 is 36.0 Å². The van der Waals surface area contributed by atoms with Gasteiger partial charge in [-0.1, -0.05) is 6.07 Å². The Balaban J connectivity index is 1.30. The fourth-order valence-electron chi connectivity index (χ4n) is 5.38. The van der Waals surface area contributed by atoms with Crippen molar-refractivity contribution in [3.05, 3.63) is 113 Å². The molecule has 3 aromatic carbocycles. The Hall–Kier alpha value is -5.52. The van der Waals surface area contributed by atoms with E-state index in [2.05, 4.69) is 10.3 Å². The lowest BCUT2D eigenvalue weighted by atomic mass is 9.95. The van der Waals surface area contributed by atoms with Crippen LogP contribution in [0, 0.1) is 17.5 Å². The number of halogens is 5. The number of alkyl halides is 2. The number of piperidine rings is 1. The number of benzene rings is 3. The number of nitrogen functional groups attached to an aromatic ring is 1. The second-order valence-corrected chi connectivity index (χ2v) is 11.2. The number of hydrogen-bond donors (Lipinski definition) is 2. The molecule has 5 aromatic rings. The Labute approximate surface area is 265 Å².